The minimum Gasteiger partial charge on any atom is -0.444 e. The fourth-order valence-corrected chi connectivity index (χ4v) is 1.97. The summed E-state index contributed by atoms with van der Waals surface area (Å²) in [6.45, 7) is 7.67. The van der Waals surface area contributed by atoms with Crippen molar-refractivity contribution >= 4 is 6.09 Å². The van der Waals surface area contributed by atoms with Crippen LogP contribution in [0.15, 0.2) is 0 Å². The molecule has 1 aliphatic rings. The molecule has 0 bridgehead atoms. The Morgan fingerprint density at radius 3 is 2.79 bits per heavy atom. The normalized spacial score (nSPS) is 21.5. The van der Waals surface area contributed by atoms with Crippen LogP contribution in [0.1, 0.15) is 27.2 Å². The Labute approximate surface area is 115 Å². The maximum absolute atomic E-state index is 11.9. The van der Waals surface area contributed by atoms with E-state index in [4.69, 9.17) is 9.47 Å². The Kier molecular flexibility index (Phi) is 6.03. The van der Waals surface area contributed by atoms with Crippen LogP contribution in [0.5, 0.6) is 0 Å². The molecule has 1 heterocycles. The number of ether oxygens (including phenoxy) is 2. The minimum atomic E-state index is -0.513. The SMILES string of the molecule is COCC(O)CNC1CCN(C(=O)OC(C)(C)C)C1. The molecule has 1 saturated heterocycles. The second-order valence-corrected chi connectivity index (χ2v) is 5.93. The molecule has 0 spiro atoms. The Morgan fingerprint density at radius 2 is 2.21 bits per heavy atom. The number of nitrogens with zero attached hydrogens (tertiary/aromatic N) is 1. The Morgan fingerprint density at radius 1 is 1.53 bits per heavy atom. The lowest BCUT2D eigenvalue weighted by atomic mass is 10.2. The van der Waals surface area contributed by atoms with Crippen LogP contribution in [0.4, 0.5) is 4.79 Å². The van der Waals surface area contributed by atoms with E-state index < -0.39 is 11.7 Å². The molecule has 1 rings (SSSR count). The molecule has 6 nitrogen and oxygen atoms in total. The number of hydrogen-bond acceptors (Lipinski definition) is 5. The van der Waals surface area contributed by atoms with E-state index in [0.29, 0.717) is 26.2 Å². The van der Waals surface area contributed by atoms with Gasteiger partial charge >= 0.3 is 6.09 Å². The van der Waals surface area contributed by atoms with Gasteiger partial charge in [0.15, 0.2) is 0 Å². The van der Waals surface area contributed by atoms with Gasteiger partial charge in [0.25, 0.3) is 0 Å². The van der Waals surface area contributed by atoms with Crippen LogP contribution in [-0.2, 0) is 9.47 Å². The number of aliphatic hydroxyl groups is 1. The van der Waals surface area contributed by atoms with E-state index in [1.165, 1.54) is 0 Å². The van der Waals surface area contributed by atoms with Crippen molar-refractivity contribution in [1.82, 2.24) is 10.2 Å². The zero-order valence-corrected chi connectivity index (χ0v) is 12.3. The summed E-state index contributed by atoms with van der Waals surface area (Å²) in [5, 5.41) is 12.8. The van der Waals surface area contributed by atoms with Gasteiger partial charge < -0.3 is 24.8 Å². The maximum Gasteiger partial charge on any atom is 0.410 e. The highest BCUT2D eigenvalue weighted by Gasteiger charge is 2.29. The Balaban J connectivity index is 2.27. The molecule has 19 heavy (non-hydrogen) atoms. The molecular weight excluding hydrogens is 248 g/mol. The van der Waals surface area contributed by atoms with E-state index in [0.717, 1.165) is 6.42 Å². The minimum absolute atomic E-state index is 0.207. The zero-order valence-electron chi connectivity index (χ0n) is 12.3. The molecule has 1 aliphatic heterocycles. The third-order valence-corrected chi connectivity index (χ3v) is 2.84. The van der Waals surface area contributed by atoms with Crippen LogP contribution < -0.4 is 5.32 Å². The van der Waals surface area contributed by atoms with Gasteiger partial charge in [0.1, 0.15) is 5.60 Å². The first-order valence-corrected chi connectivity index (χ1v) is 6.70. The summed E-state index contributed by atoms with van der Waals surface area (Å²) in [6.07, 6.45) is 0.0914. The average Bonchev–Trinajstić information content (AvgIpc) is 2.73. The lowest BCUT2D eigenvalue weighted by Gasteiger charge is -2.24. The molecule has 0 radical (unpaired) electrons. The van der Waals surface area contributed by atoms with E-state index in [2.05, 4.69) is 5.32 Å². The summed E-state index contributed by atoms with van der Waals surface area (Å²) in [5.74, 6) is 0. The lowest BCUT2D eigenvalue weighted by Crippen LogP contribution is -2.41. The maximum atomic E-state index is 11.9. The molecular formula is C13H26N2O4. The van der Waals surface area contributed by atoms with Gasteiger partial charge in [0.05, 0.1) is 12.7 Å². The zero-order chi connectivity index (χ0) is 14.5. The van der Waals surface area contributed by atoms with E-state index in [1.54, 1.807) is 12.0 Å². The van der Waals surface area contributed by atoms with Gasteiger partial charge in [0, 0.05) is 32.8 Å². The van der Waals surface area contributed by atoms with E-state index >= 15 is 0 Å². The summed E-state index contributed by atoms with van der Waals surface area (Å²) in [7, 11) is 1.56. The first-order chi connectivity index (χ1) is 8.81. The van der Waals surface area contributed by atoms with E-state index in [9.17, 15) is 9.90 Å². The van der Waals surface area contributed by atoms with Crippen molar-refractivity contribution in [3.8, 4) is 0 Å². The summed E-state index contributed by atoms with van der Waals surface area (Å²) in [4.78, 5) is 13.6. The van der Waals surface area contributed by atoms with Crippen molar-refractivity contribution in [2.45, 2.75) is 44.9 Å². The van der Waals surface area contributed by atoms with Gasteiger partial charge in [-0.25, -0.2) is 4.79 Å². The van der Waals surface area contributed by atoms with Crippen molar-refractivity contribution in [3.05, 3.63) is 0 Å². The van der Waals surface area contributed by atoms with Gasteiger partial charge in [-0.1, -0.05) is 0 Å². The molecule has 0 aromatic carbocycles. The third-order valence-electron chi connectivity index (χ3n) is 2.84. The summed E-state index contributed by atoms with van der Waals surface area (Å²) < 4.78 is 10.2. The standard InChI is InChI=1S/C13H26N2O4/c1-13(2,3)19-12(17)15-6-5-10(8-15)14-7-11(16)9-18-4/h10-11,14,16H,5-9H2,1-4H3. The number of methoxy groups -OCH3 is 1. The molecule has 2 N–H and O–H groups in total. The van der Waals surface area contributed by atoms with Crippen LogP contribution in [0.25, 0.3) is 0 Å². The fraction of sp³-hybridized carbons (Fsp3) is 0.923. The van der Waals surface area contributed by atoms with Crippen LogP contribution >= 0.6 is 0 Å². The lowest BCUT2D eigenvalue weighted by molar-refractivity contribution is 0.0289. The monoisotopic (exact) mass is 274 g/mol. The molecule has 0 aromatic rings. The second kappa shape index (κ2) is 7.07. The highest BCUT2D eigenvalue weighted by molar-refractivity contribution is 5.68. The number of aliphatic hydroxyl groups excluding tert-OH is 1. The van der Waals surface area contributed by atoms with Crippen molar-refractivity contribution in [1.29, 1.82) is 0 Å². The number of nitrogens with one attached hydrogen (secondary N) is 1. The third kappa shape index (κ3) is 6.22. The summed E-state index contributed by atoms with van der Waals surface area (Å²) in [5.41, 5.74) is -0.461. The first-order valence-electron chi connectivity index (χ1n) is 6.70. The van der Waals surface area contributed by atoms with Crippen molar-refractivity contribution in [3.63, 3.8) is 0 Å². The van der Waals surface area contributed by atoms with Crippen molar-refractivity contribution in [2.24, 2.45) is 0 Å². The molecule has 1 fully saturated rings. The van der Waals surface area contributed by atoms with E-state index in [-0.39, 0.29) is 12.1 Å². The molecule has 6 heteroatoms. The van der Waals surface area contributed by atoms with E-state index in [1.807, 2.05) is 20.8 Å². The Bertz CT molecular complexity index is 291. The molecule has 112 valence electrons. The van der Waals surface area contributed by atoms with Crippen molar-refractivity contribution in [2.75, 3.05) is 33.4 Å². The molecule has 0 aromatic heterocycles. The highest BCUT2D eigenvalue weighted by Crippen LogP contribution is 2.15. The van der Waals surface area contributed by atoms with Crippen molar-refractivity contribution < 1.29 is 19.4 Å². The summed E-state index contributed by atoms with van der Waals surface area (Å²) >= 11 is 0. The smallest absolute Gasteiger partial charge is 0.410 e. The molecule has 0 saturated carbocycles. The number of carbonyl (C=O) groups excluding carboxylic acids is 1. The average molecular weight is 274 g/mol. The summed E-state index contributed by atoms with van der Waals surface area (Å²) in [6, 6.07) is 0.207. The fourth-order valence-electron chi connectivity index (χ4n) is 1.97. The van der Waals surface area contributed by atoms with Crippen LogP contribution in [0, 0.1) is 0 Å². The number of carbonyl (C=O) groups is 1. The van der Waals surface area contributed by atoms with Gasteiger partial charge in [0.2, 0.25) is 0 Å². The van der Waals surface area contributed by atoms with Crippen LogP contribution in [-0.4, -0.2) is 67.2 Å². The van der Waals surface area contributed by atoms with Gasteiger partial charge in [-0.15, -0.1) is 0 Å². The molecule has 0 aliphatic carbocycles. The topological polar surface area (TPSA) is 71.0 Å². The molecule has 1 amide bonds. The largest absolute Gasteiger partial charge is 0.444 e. The van der Waals surface area contributed by atoms with Gasteiger partial charge in [-0.05, 0) is 27.2 Å². The Hall–Kier alpha value is -0.850. The van der Waals surface area contributed by atoms with Gasteiger partial charge in [-0.2, -0.15) is 0 Å². The second-order valence-electron chi connectivity index (χ2n) is 5.93. The van der Waals surface area contributed by atoms with Gasteiger partial charge in [-0.3, -0.25) is 0 Å². The van der Waals surface area contributed by atoms with Crippen LogP contribution in [0.3, 0.4) is 0 Å². The number of hydrogen-bond donors (Lipinski definition) is 2. The van der Waals surface area contributed by atoms with Crippen LogP contribution in [0.2, 0.25) is 0 Å². The quantitative estimate of drug-likeness (QED) is 0.768. The number of rotatable bonds is 5. The number of amides is 1. The number of likely N-dealkylation sites (tertiary alicyclic amines) is 1. The highest BCUT2D eigenvalue weighted by atomic mass is 16.6. The first kappa shape index (κ1) is 16.2. The molecule has 2 atom stereocenters. The predicted octanol–water partition coefficient (Wildman–Crippen LogP) is 0.593. The molecule has 2 unspecified atom stereocenters. The predicted molar refractivity (Wildman–Crippen MR) is 72.1 cm³/mol.